The molecule has 0 aliphatic heterocycles. The smallest absolute Gasteiger partial charge is 0.267 e. The van der Waals surface area contributed by atoms with Gasteiger partial charge in [-0.1, -0.05) is 29.0 Å². The molecule has 140 valence electrons. The highest BCUT2D eigenvalue weighted by Crippen LogP contribution is 2.31. The molecule has 0 unspecified atom stereocenters. The number of hydrogen-bond acceptors (Lipinski definition) is 6. The summed E-state index contributed by atoms with van der Waals surface area (Å²) in [5, 5.41) is 6.79. The molecule has 0 bridgehead atoms. The lowest BCUT2D eigenvalue weighted by atomic mass is 10.2. The number of hydrogen-bond donors (Lipinski definition) is 2. The summed E-state index contributed by atoms with van der Waals surface area (Å²) in [6.45, 7) is 3.86. The maximum Gasteiger partial charge on any atom is 0.267 e. The number of aromatic nitrogens is 1. The van der Waals surface area contributed by atoms with Crippen molar-refractivity contribution < 1.29 is 14.3 Å². The predicted molar refractivity (Wildman–Crippen MR) is 109 cm³/mol. The molecule has 2 N–H and O–H groups in total. The van der Waals surface area contributed by atoms with Crippen LogP contribution in [-0.2, 0) is 0 Å². The van der Waals surface area contributed by atoms with Gasteiger partial charge in [-0.3, -0.25) is 4.79 Å². The van der Waals surface area contributed by atoms with Crippen molar-refractivity contribution >= 4 is 33.8 Å². The third-order valence-electron chi connectivity index (χ3n) is 3.95. The van der Waals surface area contributed by atoms with Gasteiger partial charge in [-0.2, -0.15) is 0 Å². The van der Waals surface area contributed by atoms with E-state index in [1.807, 2.05) is 38.1 Å². The van der Waals surface area contributed by atoms with Gasteiger partial charge in [0.05, 0.1) is 19.9 Å². The molecule has 7 heteroatoms. The van der Waals surface area contributed by atoms with Crippen molar-refractivity contribution in [3.8, 4) is 11.5 Å². The Balaban J connectivity index is 1.75. The minimum atomic E-state index is -0.214. The molecule has 1 heterocycles. The quantitative estimate of drug-likeness (QED) is 0.641. The van der Waals surface area contributed by atoms with E-state index in [4.69, 9.17) is 9.47 Å². The molecule has 1 aromatic heterocycles. The highest BCUT2D eigenvalue weighted by Gasteiger charge is 2.16. The number of rotatable bonds is 6. The van der Waals surface area contributed by atoms with Gasteiger partial charge < -0.3 is 20.1 Å². The topological polar surface area (TPSA) is 72.5 Å². The molecule has 0 fully saturated rings. The van der Waals surface area contributed by atoms with Gasteiger partial charge in [0.15, 0.2) is 16.6 Å². The van der Waals surface area contributed by atoms with Gasteiger partial charge in [-0.15, -0.1) is 0 Å². The van der Waals surface area contributed by atoms with Crippen molar-refractivity contribution in [1.82, 2.24) is 4.98 Å². The van der Waals surface area contributed by atoms with Crippen molar-refractivity contribution in [1.29, 1.82) is 0 Å². The van der Waals surface area contributed by atoms with Crippen molar-refractivity contribution in [2.45, 2.75) is 13.8 Å². The van der Waals surface area contributed by atoms with Crippen LogP contribution in [0.25, 0.3) is 0 Å². The Labute approximate surface area is 162 Å². The number of methoxy groups -OCH3 is 2. The summed E-state index contributed by atoms with van der Waals surface area (Å²) in [7, 11) is 3.12. The molecule has 0 spiro atoms. The number of benzene rings is 2. The van der Waals surface area contributed by atoms with E-state index in [0.717, 1.165) is 5.69 Å². The number of nitrogens with one attached hydrogen (secondary N) is 2. The largest absolute Gasteiger partial charge is 0.493 e. The van der Waals surface area contributed by atoms with Crippen molar-refractivity contribution in [2.75, 3.05) is 24.9 Å². The normalized spacial score (nSPS) is 10.4. The number of nitrogens with zero attached hydrogens (tertiary/aromatic N) is 1. The summed E-state index contributed by atoms with van der Waals surface area (Å²) < 4.78 is 10.5. The van der Waals surface area contributed by atoms with Gasteiger partial charge in [0, 0.05) is 17.4 Å². The van der Waals surface area contributed by atoms with E-state index >= 15 is 0 Å². The standard InChI is InChI=1S/C20H21N3O3S/c1-12-5-7-14(8-6-12)23-20-21-13(2)18(27-20)19(24)22-15-9-10-16(25-3)17(11-15)26-4/h5-11H,1-4H3,(H,21,23)(H,22,24). The van der Waals surface area contributed by atoms with E-state index in [-0.39, 0.29) is 5.91 Å². The molecule has 0 atom stereocenters. The molecule has 3 rings (SSSR count). The van der Waals surface area contributed by atoms with Crippen LogP contribution in [0.1, 0.15) is 20.9 Å². The number of carbonyl (C=O) groups excluding carboxylic acids is 1. The van der Waals surface area contributed by atoms with E-state index < -0.39 is 0 Å². The van der Waals surface area contributed by atoms with Crippen LogP contribution in [0.15, 0.2) is 42.5 Å². The first kappa shape index (κ1) is 18.7. The zero-order chi connectivity index (χ0) is 19.4. The van der Waals surface area contributed by atoms with Crippen molar-refractivity contribution in [2.24, 2.45) is 0 Å². The average Bonchev–Trinajstić information content (AvgIpc) is 3.03. The highest BCUT2D eigenvalue weighted by molar-refractivity contribution is 7.17. The highest BCUT2D eigenvalue weighted by atomic mass is 32.1. The van der Waals surface area contributed by atoms with Crippen molar-refractivity contribution in [3.63, 3.8) is 0 Å². The second kappa shape index (κ2) is 8.09. The van der Waals surface area contributed by atoms with Crippen LogP contribution >= 0.6 is 11.3 Å². The second-order valence-corrected chi connectivity index (χ2v) is 6.95. The molecule has 0 radical (unpaired) electrons. The molecule has 27 heavy (non-hydrogen) atoms. The van der Waals surface area contributed by atoms with Gasteiger partial charge in [-0.05, 0) is 38.1 Å². The van der Waals surface area contributed by atoms with Crippen LogP contribution in [0, 0.1) is 13.8 Å². The van der Waals surface area contributed by atoms with Crippen molar-refractivity contribution in [3.05, 3.63) is 58.6 Å². The maximum absolute atomic E-state index is 12.7. The Kier molecular flexibility index (Phi) is 5.61. The first-order valence-corrected chi connectivity index (χ1v) is 9.16. The Morgan fingerprint density at radius 1 is 0.963 bits per heavy atom. The molecule has 0 saturated heterocycles. The van der Waals surface area contributed by atoms with E-state index in [1.165, 1.54) is 16.9 Å². The van der Waals surface area contributed by atoms with Crippen LogP contribution in [0.5, 0.6) is 11.5 Å². The fourth-order valence-corrected chi connectivity index (χ4v) is 3.40. The number of carbonyl (C=O) groups is 1. The van der Waals surface area contributed by atoms with Gasteiger partial charge in [-0.25, -0.2) is 4.98 Å². The van der Waals surface area contributed by atoms with Crippen LogP contribution in [-0.4, -0.2) is 25.1 Å². The van der Waals surface area contributed by atoms with Crippen LogP contribution in [0.4, 0.5) is 16.5 Å². The molecule has 0 saturated carbocycles. The van der Waals surface area contributed by atoms with E-state index in [9.17, 15) is 4.79 Å². The third-order valence-corrected chi connectivity index (χ3v) is 5.02. The lowest BCUT2D eigenvalue weighted by Crippen LogP contribution is -2.11. The zero-order valence-electron chi connectivity index (χ0n) is 15.6. The van der Waals surface area contributed by atoms with Crippen LogP contribution < -0.4 is 20.1 Å². The van der Waals surface area contributed by atoms with Gasteiger partial charge >= 0.3 is 0 Å². The Morgan fingerprint density at radius 3 is 2.30 bits per heavy atom. The fourth-order valence-electron chi connectivity index (χ4n) is 2.52. The molecular formula is C20H21N3O3S. The zero-order valence-corrected chi connectivity index (χ0v) is 16.4. The van der Waals surface area contributed by atoms with Crippen LogP contribution in [0.2, 0.25) is 0 Å². The fraction of sp³-hybridized carbons (Fsp3) is 0.200. The minimum absolute atomic E-state index is 0.214. The average molecular weight is 383 g/mol. The first-order chi connectivity index (χ1) is 13.0. The summed E-state index contributed by atoms with van der Waals surface area (Å²) in [4.78, 5) is 17.7. The molecule has 1 amide bonds. The summed E-state index contributed by atoms with van der Waals surface area (Å²) in [6, 6.07) is 13.2. The second-order valence-electron chi connectivity index (χ2n) is 5.95. The Hall–Kier alpha value is -3.06. The summed E-state index contributed by atoms with van der Waals surface area (Å²) in [5.74, 6) is 0.946. The first-order valence-electron chi connectivity index (χ1n) is 8.34. The van der Waals surface area contributed by atoms with E-state index in [1.54, 1.807) is 32.4 Å². The van der Waals surface area contributed by atoms with Gasteiger partial charge in [0.1, 0.15) is 4.88 Å². The third kappa shape index (κ3) is 4.38. The number of thiazole rings is 1. The number of amides is 1. The Morgan fingerprint density at radius 2 is 1.63 bits per heavy atom. The molecule has 0 aliphatic carbocycles. The molecular weight excluding hydrogens is 362 g/mol. The number of aryl methyl sites for hydroxylation is 2. The number of ether oxygens (including phenoxy) is 2. The SMILES string of the molecule is COc1ccc(NC(=O)c2sc(Nc3ccc(C)cc3)nc2C)cc1OC. The Bertz CT molecular complexity index is 952. The lowest BCUT2D eigenvalue weighted by molar-refractivity contribution is 0.103. The molecule has 2 aromatic carbocycles. The summed E-state index contributed by atoms with van der Waals surface area (Å²) in [6.07, 6.45) is 0. The van der Waals surface area contributed by atoms with E-state index in [2.05, 4.69) is 15.6 Å². The maximum atomic E-state index is 12.7. The predicted octanol–water partition coefficient (Wildman–Crippen LogP) is 4.77. The molecule has 3 aromatic rings. The summed E-state index contributed by atoms with van der Waals surface area (Å²) in [5.41, 5.74) is 3.41. The van der Waals surface area contributed by atoms with Gasteiger partial charge in [0.2, 0.25) is 0 Å². The molecule has 0 aliphatic rings. The summed E-state index contributed by atoms with van der Waals surface area (Å²) >= 11 is 1.31. The monoisotopic (exact) mass is 383 g/mol. The van der Waals surface area contributed by atoms with E-state index in [0.29, 0.717) is 32.9 Å². The molecule has 6 nitrogen and oxygen atoms in total. The minimum Gasteiger partial charge on any atom is -0.493 e. The van der Waals surface area contributed by atoms with Gasteiger partial charge in [0.25, 0.3) is 5.91 Å². The lowest BCUT2D eigenvalue weighted by Gasteiger charge is -2.10. The number of anilines is 3. The van der Waals surface area contributed by atoms with Crippen LogP contribution in [0.3, 0.4) is 0 Å².